The summed E-state index contributed by atoms with van der Waals surface area (Å²) in [7, 11) is 0. The number of ether oxygens (including phenoxy) is 2. The highest BCUT2D eigenvalue weighted by Crippen LogP contribution is 2.13. The lowest BCUT2D eigenvalue weighted by Crippen LogP contribution is -2.46. The van der Waals surface area contributed by atoms with Crippen molar-refractivity contribution in [2.45, 2.75) is 65.3 Å². The molecule has 0 bridgehead atoms. The Morgan fingerprint density at radius 2 is 1.76 bits per heavy atom. The van der Waals surface area contributed by atoms with Crippen LogP contribution in [0.15, 0.2) is 24.3 Å². The largest absolute Gasteiger partial charge is 0.444 e. The third kappa shape index (κ3) is 9.28. The first-order valence-electron chi connectivity index (χ1n) is 10.3. The van der Waals surface area contributed by atoms with Crippen molar-refractivity contribution in [1.82, 2.24) is 10.2 Å². The summed E-state index contributed by atoms with van der Waals surface area (Å²) in [6, 6.07) is 7.21. The second-order valence-electron chi connectivity index (χ2n) is 8.72. The second-order valence-corrected chi connectivity index (χ2v) is 8.72. The Morgan fingerprint density at radius 3 is 2.34 bits per heavy atom. The molecule has 2 rings (SSSR count). The number of carbonyl (C=O) groups excluding carboxylic acids is 2. The second kappa shape index (κ2) is 10.6. The van der Waals surface area contributed by atoms with Gasteiger partial charge in [0.15, 0.2) is 0 Å². The average Bonchev–Trinajstić information content (AvgIpc) is 2.58. The van der Waals surface area contributed by atoms with Gasteiger partial charge in [0.2, 0.25) is 5.91 Å². The summed E-state index contributed by atoms with van der Waals surface area (Å²) in [5, 5.41) is 5.66. The molecule has 0 aliphatic carbocycles. The molecule has 0 saturated carbocycles. The molecule has 7 nitrogen and oxygen atoms in total. The average molecular weight is 406 g/mol. The van der Waals surface area contributed by atoms with E-state index in [2.05, 4.69) is 29.4 Å². The predicted octanol–water partition coefficient (Wildman–Crippen LogP) is 3.19. The van der Waals surface area contributed by atoms with E-state index < -0.39 is 11.7 Å². The van der Waals surface area contributed by atoms with Crippen LogP contribution >= 0.6 is 0 Å². The molecule has 1 heterocycles. The molecule has 162 valence electrons. The van der Waals surface area contributed by atoms with Crippen LogP contribution in [0, 0.1) is 0 Å². The Labute approximate surface area is 174 Å². The van der Waals surface area contributed by atoms with Gasteiger partial charge in [0, 0.05) is 31.9 Å². The van der Waals surface area contributed by atoms with Crippen LogP contribution < -0.4 is 10.6 Å². The smallest absolute Gasteiger partial charge is 0.412 e. The predicted molar refractivity (Wildman–Crippen MR) is 114 cm³/mol. The minimum Gasteiger partial charge on any atom is -0.444 e. The van der Waals surface area contributed by atoms with E-state index in [1.54, 1.807) is 12.1 Å². The molecular weight excluding hydrogens is 370 g/mol. The van der Waals surface area contributed by atoms with Crippen LogP contribution in [0.25, 0.3) is 0 Å². The van der Waals surface area contributed by atoms with Gasteiger partial charge in [-0.15, -0.1) is 0 Å². The quantitative estimate of drug-likeness (QED) is 0.681. The van der Waals surface area contributed by atoms with Gasteiger partial charge in [-0.3, -0.25) is 15.0 Å². The van der Waals surface area contributed by atoms with Gasteiger partial charge in [0.25, 0.3) is 0 Å². The number of nitrogens with zero attached hydrogens (tertiary/aromatic N) is 1. The first-order chi connectivity index (χ1) is 13.6. The van der Waals surface area contributed by atoms with Crippen LogP contribution in [0.3, 0.4) is 0 Å². The molecule has 1 aromatic carbocycles. The van der Waals surface area contributed by atoms with E-state index in [4.69, 9.17) is 9.47 Å². The number of anilines is 1. The normalized spacial score (nSPS) is 20.2. The van der Waals surface area contributed by atoms with Crippen molar-refractivity contribution in [3.05, 3.63) is 29.8 Å². The first kappa shape index (κ1) is 23.2. The molecule has 2 atom stereocenters. The number of benzene rings is 1. The standard InChI is InChI=1S/C22H35N3O4/c1-16-14-25(15-17(2)28-16)12-6-11-23-20(26)13-18-7-9-19(10-8-18)24-21(27)29-22(3,4)5/h7-10,16-17H,6,11-15H2,1-5H3,(H,23,26)(H,24,27)/t16-,17-/m1/s1. The zero-order valence-corrected chi connectivity index (χ0v) is 18.3. The third-order valence-electron chi connectivity index (χ3n) is 4.43. The van der Waals surface area contributed by atoms with Crippen molar-refractivity contribution < 1.29 is 19.1 Å². The van der Waals surface area contributed by atoms with Crippen LogP contribution in [0.4, 0.5) is 10.5 Å². The van der Waals surface area contributed by atoms with E-state index in [0.717, 1.165) is 31.6 Å². The van der Waals surface area contributed by atoms with Crippen LogP contribution in [0.2, 0.25) is 0 Å². The Bertz CT molecular complexity index is 660. The Hall–Kier alpha value is -2.12. The molecule has 2 amide bonds. The van der Waals surface area contributed by atoms with E-state index >= 15 is 0 Å². The lowest BCUT2D eigenvalue weighted by atomic mass is 10.1. The maximum Gasteiger partial charge on any atom is 0.412 e. The summed E-state index contributed by atoms with van der Waals surface area (Å²) in [4.78, 5) is 26.3. The fourth-order valence-electron chi connectivity index (χ4n) is 3.37. The molecule has 1 aliphatic heterocycles. The van der Waals surface area contributed by atoms with Gasteiger partial charge in [-0.25, -0.2) is 4.79 Å². The van der Waals surface area contributed by atoms with Gasteiger partial charge in [0.1, 0.15) is 5.60 Å². The summed E-state index contributed by atoms with van der Waals surface area (Å²) in [5.41, 5.74) is 0.992. The number of hydrogen-bond donors (Lipinski definition) is 2. The maximum atomic E-state index is 12.2. The van der Waals surface area contributed by atoms with Gasteiger partial charge in [-0.1, -0.05) is 12.1 Å². The van der Waals surface area contributed by atoms with E-state index in [-0.39, 0.29) is 18.1 Å². The number of hydrogen-bond acceptors (Lipinski definition) is 5. The topological polar surface area (TPSA) is 79.9 Å². The SMILES string of the molecule is C[C@@H]1CN(CCCNC(=O)Cc2ccc(NC(=O)OC(C)(C)C)cc2)C[C@@H](C)O1. The number of rotatable bonds is 7. The molecule has 29 heavy (non-hydrogen) atoms. The van der Waals surface area contributed by atoms with Crippen LogP contribution in [-0.2, 0) is 20.7 Å². The summed E-state index contributed by atoms with van der Waals surface area (Å²) in [6.45, 7) is 13.2. The lowest BCUT2D eigenvalue weighted by molar-refractivity contribution is -0.120. The van der Waals surface area contributed by atoms with E-state index in [1.807, 2.05) is 32.9 Å². The summed E-state index contributed by atoms with van der Waals surface area (Å²) < 4.78 is 11.0. The third-order valence-corrected chi connectivity index (χ3v) is 4.43. The van der Waals surface area contributed by atoms with Crippen molar-refractivity contribution in [2.75, 3.05) is 31.5 Å². The van der Waals surface area contributed by atoms with Gasteiger partial charge in [0.05, 0.1) is 18.6 Å². The highest BCUT2D eigenvalue weighted by atomic mass is 16.6. The van der Waals surface area contributed by atoms with Crippen molar-refractivity contribution in [2.24, 2.45) is 0 Å². The molecule has 1 aromatic rings. The molecule has 0 aromatic heterocycles. The number of carbonyl (C=O) groups is 2. The summed E-state index contributed by atoms with van der Waals surface area (Å²) in [5.74, 6) is 0.00145. The molecule has 2 N–H and O–H groups in total. The molecule has 1 fully saturated rings. The Morgan fingerprint density at radius 1 is 1.14 bits per heavy atom. The molecule has 0 radical (unpaired) electrons. The highest BCUT2D eigenvalue weighted by Gasteiger charge is 2.21. The molecule has 7 heteroatoms. The highest BCUT2D eigenvalue weighted by molar-refractivity contribution is 5.85. The fourth-order valence-corrected chi connectivity index (χ4v) is 3.37. The van der Waals surface area contributed by atoms with Gasteiger partial charge in [-0.05, 0) is 58.7 Å². The number of nitrogens with one attached hydrogen (secondary N) is 2. The van der Waals surface area contributed by atoms with E-state index in [9.17, 15) is 9.59 Å². The van der Waals surface area contributed by atoms with E-state index in [0.29, 0.717) is 18.7 Å². The van der Waals surface area contributed by atoms with Gasteiger partial charge < -0.3 is 14.8 Å². The zero-order valence-electron chi connectivity index (χ0n) is 18.3. The molecule has 0 spiro atoms. The molecule has 0 unspecified atom stereocenters. The first-order valence-corrected chi connectivity index (χ1v) is 10.3. The van der Waals surface area contributed by atoms with Crippen LogP contribution in [0.1, 0.15) is 46.6 Å². The lowest BCUT2D eigenvalue weighted by Gasteiger charge is -2.35. The van der Waals surface area contributed by atoms with Crippen molar-refractivity contribution in [1.29, 1.82) is 0 Å². The summed E-state index contributed by atoms with van der Waals surface area (Å²) in [6.07, 6.45) is 1.27. The van der Waals surface area contributed by atoms with Gasteiger partial charge >= 0.3 is 6.09 Å². The van der Waals surface area contributed by atoms with Crippen molar-refractivity contribution >= 4 is 17.7 Å². The maximum absolute atomic E-state index is 12.2. The van der Waals surface area contributed by atoms with Crippen molar-refractivity contribution in [3.63, 3.8) is 0 Å². The van der Waals surface area contributed by atoms with Crippen LogP contribution in [0.5, 0.6) is 0 Å². The number of amides is 2. The van der Waals surface area contributed by atoms with Crippen LogP contribution in [-0.4, -0.2) is 60.9 Å². The molecule has 1 aliphatic rings. The van der Waals surface area contributed by atoms with Crippen molar-refractivity contribution in [3.8, 4) is 0 Å². The minimum atomic E-state index is -0.541. The minimum absolute atomic E-state index is 0.00145. The molecule has 1 saturated heterocycles. The molecular formula is C22H35N3O4. The fraction of sp³-hybridized carbons (Fsp3) is 0.636. The summed E-state index contributed by atoms with van der Waals surface area (Å²) >= 11 is 0. The van der Waals surface area contributed by atoms with E-state index in [1.165, 1.54) is 0 Å². The number of morpholine rings is 1. The zero-order chi connectivity index (χ0) is 21.4. The monoisotopic (exact) mass is 405 g/mol. The Balaban J connectivity index is 1.66. The van der Waals surface area contributed by atoms with Gasteiger partial charge in [-0.2, -0.15) is 0 Å². The Kier molecular flexibility index (Phi) is 8.46.